The van der Waals surface area contributed by atoms with Gasteiger partial charge in [0.05, 0.1) is 20.6 Å². The third kappa shape index (κ3) is 3.58. The molecule has 4 nitrogen and oxygen atoms in total. The summed E-state index contributed by atoms with van der Waals surface area (Å²) in [6.45, 7) is 1.97. The van der Waals surface area contributed by atoms with Crippen LogP contribution in [-0.2, 0) is 11.2 Å². The molecule has 0 heterocycles. The molecule has 0 aromatic heterocycles. The second kappa shape index (κ2) is 7.26. The maximum absolute atomic E-state index is 12.5. The molecule has 4 heteroatoms. The summed E-state index contributed by atoms with van der Waals surface area (Å²) in [5.41, 5.74) is 2.75. The lowest BCUT2D eigenvalue weighted by Gasteiger charge is -2.12. The molecule has 3 aromatic carbocycles. The first-order valence-electron chi connectivity index (χ1n) is 8.11. The van der Waals surface area contributed by atoms with Gasteiger partial charge in [-0.1, -0.05) is 36.4 Å². The minimum Gasteiger partial charge on any atom is -0.496 e. The van der Waals surface area contributed by atoms with Gasteiger partial charge in [-0.3, -0.25) is 4.79 Å². The molecule has 3 aromatic rings. The van der Waals surface area contributed by atoms with Gasteiger partial charge in [0.1, 0.15) is 11.5 Å². The maximum atomic E-state index is 12.5. The van der Waals surface area contributed by atoms with E-state index in [9.17, 15) is 4.79 Å². The molecule has 0 saturated carbocycles. The van der Waals surface area contributed by atoms with E-state index in [1.165, 1.54) is 0 Å². The molecule has 1 N–H and O–H groups in total. The standard InChI is InChI=1S/C21H21NO3/c1-14-12-15(8-10-19(14)24-2)13-21(23)22-18-9-11-20(25-3)17-7-5-4-6-16(17)18/h4-12H,13H2,1-3H3,(H,22,23). The summed E-state index contributed by atoms with van der Waals surface area (Å²) in [7, 11) is 3.29. The molecule has 25 heavy (non-hydrogen) atoms. The molecular weight excluding hydrogens is 314 g/mol. The molecule has 0 spiro atoms. The molecule has 0 unspecified atom stereocenters. The average molecular weight is 335 g/mol. The van der Waals surface area contributed by atoms with Crippen molar-refractivity contribution in [3.63, 3.8) is 0 Å². The van der Waals surface area contributed by atoms with Gasteiger partial charge in [-0.15, -0.1) is 0 Å². The quantitative estimate of drug-likeness (QED) is 0.754. The number of benzene rings is 3. The van der Waals surface area contributed by atoms with Crippen LogP contribution in [0.3, 0.4) is 0 Å². The summed E-state index contributed by atoms with van der Waals surface area (Å²) >= 11 is 0. The first kappa shape index (κ1) is 16.8. The Bertz CT molecular complexity index is 918. The Morgan fingerprint density at radius 2 is 1.60 bits per heavy atom. The molecule has 0 bridgehead atoms. The number of fused-ring (bicyclic) bond motifs is 1. The summed E-state index contributed by atoms with van der Waals surface area (Å²) in [5, 5.41) is 4.94. The molecule has 0 atom stereocenters. The Morgan fingerprint density at radius 1 is 0.920 bits per heavy atom. The Morgan fingerprint density at radius 3 is 2.28 bits per heavy atom. The number of amides is 1. The number of nitrogens with one attached hydrogen (secondary N) is 1. The Balaban J connectivity index is 1.82. The van der Waals surface area contributed by atoms with Crippen molar-refractivity contribution < 1.29 is 14.3 Å². The molecule has 0 fully saturated rings. The van der Waals surface area contributed by atoms with Crippen LogP contribution in [0, 0.1) is 6.92 Å². The first-order chi connectivity index (χ1) is 12.1. The topological polar surface area (TPSA) is 47.6 Å². The van der Waals surface area contributed by atoms with E-state index in [1.807, 2.05) is 61.5 Å². The number of aryl methyl sites for hydroxylation is 1. The smallest absolute Gasteiger partial charge is 0.228 e. The van der Waals surface area contributed by atoms with Gasteiger partial charge in [0.2, 0.25) is 5.91 Å². The Kier molecular flexibility index (Phi) is 4.89. The van der Waals surface area contributed by atoms with Gasteiger partial charge < -0.3 is 14.8 Å². The van der Waals surface area contributed by atoms with Gasteiger partial charge in [0, 0.05) is 16.5 Å². The zero-order chi connectivity index (χ0) is 17.8. The highest BCUT2D eigenvalue weighted by Crippen LogP contribution is 2.31. The van der Waals surface area contributed by atoms with Crippen molar-refractivity contribution in [3.8, 4) is 11.5 Å². The number of ether oxygens (including phenoxy) is 2. The van der Waals surface area contributed by atoms with Gasteiger partial charge in [-0.25, -0.2) is 0 Å². The highest BCUT2D eigenvalue weighted by molar-refractivity contribution is 6.04. The largest absolute Gasteiger partial charge is 0.496 e. The van der Waals surface area contributed by atoms with Gasteiger partial charge in [0.25, 0.3) is 0 Å². The number of methoxy groups -OCH3 is 2. The van der Waals surface area contributed by atoms with Crippen LogP contribution in [0.15, 0.2) is 54.6 Å². The van der Waals surface area contributed by atoms with E-state index in [4.69, 9.17) is 9.47 Å². The van der Waals surface area contributed by atoms with Crippen LogP contribution < -0.4 is 14.8 Å². The average Bonchev–Trinajstić information content (AvgIpc) is 2.62. The minimum atomic E-state index is -0.0557. The number of hydrogen-bond donors (Lipinski definition) is 1. The SMILES string of the molecule is COc1ccc(CC(=O)Nc2ccc(OC)c3ccccc23)cc1C. The van der Waals surface area contributed by atoms with Crippen LogP contribution in [0.4, 0.5) is 5.69 Å². The highest BCUT2D eigenvalue weighted by atomic mass is 16.5. The van der Waals surface area contributed by atoms with Crippen LogP contribution in [0.2, 0.25) is 0 Å². The third-order valence-corrected chi connectivity index (χ3v) is 4.20. The lowest BCUT2D eigenvalue weighted by atomic mass is 10.1. The maximum Gasteiger partial charge on any atom is 0.228 e. The van der Waals surface area contributed by atoms with Crippen LogP contribution >= 0.6 is 0 Å². The molecule has 0 saturated heterocycles. The number of carbonyl (C=O) groups excluding carboxylic acids is 1. The Labute approximate surface area is 147 Å². The summed E-state index contributed by atoms with van der Waals surface area (Å²) in [6, 6.07) is 17.4. The predicted molar refractivity (Wildman–Crippen MR) is 101 cm³/mol. The van der Waals surface area contributed by atoms with Crippen molar-refractivity contribution in [2.75, 3.05) is 19.5 Å². The zero-order valence-electron chi connectivity index (χ0n) is 14.6. The van der Waals surface area contributed by atoms with Crippen LogP contribution in [-0.4, -0.2) is 20.1 Å². The summed E-state index contributed by atoms with van der Waals surface area (Å²) in [6.07, 6.45) is 0.311. The van der Waals surface area contributed by atoms with E-state index in [2.05, 4.69) is 5.32 Å². The summed E-state index contributed by atoms with van der Waals surface area (Å²) in [5.74, 6) is 1.56. The van der Waals surface area contributed by atoms with Crippen molar-refractivity contribution in [3.05, 3.63) is 65.7 Å². The van der Waals surface area contributed by atoms with E-state index in [0.717, 1.165) is 39.1 Å². The fraction of sp³-hybridized carbons (Fsp3) is 0.190. The minimum absolute atomic E-state index is 0.0557. The van der Waals surface area contributed by atoms with Crippen LogP contribution in [0.25, 0.3) is 10.8 Å². The molecule has 0 aliphatic heterocycles. The molecule has 0 aliphatic carbocycles. The van der Waals surface area contributed by atoms with Crippen molar-refractivity contribution in [1.29, 1.82) is 0 Å². The van der Waals surface area contributed by atoms with E-state index in [-0.39, 0.29) is 5.91 Å². The van der Waals surface area contributed by atoms with Gasteiger partial charge in [0.15, 0.2) is 0 Å². The van der Waals surface area contributed by atoms with Crippen molar-refractivity contribution >= 4 is 22.4 Å². The fourth-order valence-electron chi connectivity index (χ4n) is 2.99. The van der Waals surface area contributed by atoms with E-state index in [1.54, 1.807) is 14.2 Å². The van der Waals surface area contributed by atoms with E-state index < -0.39 is 0 Å². The highest BCUT2D eigenvalue weighted by Gasteiger charge is 2.10. The lowest BCUT2D eigenvalue weighted by molar-refractivity contribution is -0.115. The second-order valence-electron chi connectivity index (χ2n) is 5.89. The molecule has 0 radical (unpaired) electrons. The first-order valence-corrected chi connectivity index (χ1v) is 8.11. The van der Waals surface area contributed by atoms with Crippen molar-refractivity contribution in [2.24, 2.45) is 0 Å². The zero-order valence-corrected chi connectivity index (χ0v) is 14.6. The van der Waals surface area contributed by atoms with Crippen LogP contribution in [0.5, 0.6) is 11.5 Å². The molecule has 0 aliphatic rings. The third-order valence-electron chi connectivity index (χ3n) is 4.20. The predicted octanol–water partition coefficient (Wildman–Crippen LogP) is 4.35. The number of rotatable bonds is 5. The normalized spacial score (nSPS) is 10.5. The molecular formula is C21H21NO3. The number of hydrogen-bond acceptors (Lipinski definition) is 3. The molecule has 128 valence electrons. The van der Waals surface area contributed by atoms with E-state index >= 15 is 0 Å². The van der Waals surface area contributed by atoms with Crippen LogP contribution in [0.1, 0.15) is 11.1 Å². The summed E-state index contributed by atoms with van der Waals surface area (Å²) < 4.78 is 10.7. The number of carbonyl (C=O) groups is 1. The molecule has 3 rings (SSSR count). The van der Waals surface area contributed by atoms with Gasteiger partial charge in [-0.05, 0) is 36.2 Å². The van der Waals surface area contributed by atoms with Gasteiger partial charge >= 0.3 is 0 Å². The van der Waals surface area contributed by atoms with Crippen molar-refractivity contribution in [1.82, 2.24) is 0 Å². The van der Waals surface area contributed by atoms with E-state index in [0.29, 0.717) is 6.42 Å². The summed E-state index contributed by atoms with van der Waals surface area (Å²) in [4.78, 5) is 12.5. The fourth-order valence-corrected chi connectivity index (χ4v) is 2.99. The Hall–Kier alpha value is -3.01. The monoisotopic (exact) mass is 335 g/mol. The van der Waals surface area contributed by atoms with Crippen molar-refractivity contribution in [2.45, 2.75) is 13.3 Å². The molecule has 1 amide bonds. The van der Waals surface area contributed by atoms with Gasteiger partial charge in [-0.2, -0.15) is 0 Å². The second-order valence-corrected chi connectivity index (χ2v) is 5.89. The number of anilines is 1. The lowest BCUT2D eigenvalue weighted by Crippen LogP contribution is -2.14.